The van der Waals surface area contributed by atoms with E-state index in [-0.39, 0.29) is 0 Å². The van der Waals surface area contributed by atoms with Gasteiger partial charge in [-0.1, -0.05) is 6.07 Å². The highest BCUT2D eigenvalue weighted by molar-refractivity contribution is 7.17. The summed E-state index contributed by atoms with van der Waals surface area (Å²) in [5.41, 5.74) is 6.84. The van der Waals surface area contributed by atoms with Gasteiger partial charge in [-0.3, -0.25) is 0 Å². The molecule has 80 valence electrons. The number of hydrogen-bond donors (Lipinski definition) is 1. The van der Waals surface area contributed by atoms with Crippen molar-refractivity contribution in [2.45, 2.75) is 6.42 Å². The number of aromatic nitrogens is 2. The lowest BCUT2D eigenvalue weighted by Crippen LogP contribution is -1.99. The van der Waals surface area contributed by atoms with E-state index in [1.165, 1.54) is 4.88 Å². The summed E-state index contributed by atoms with van der Waals surface area (Å²) in [6, 6.07) is 6.10. The second-order valence-electron chi connectivity index (χ2n) is 3.42. The Morgan fingerprint density at radius 2 is 2.06 bits per heavy atom. The first-order valence-corrected chi connectivity index (χ1v) is 6.61. The molecule has 0 aromatic carbocycles. The topological polar surface area (TPSA) is 51.8 Å². The lowest BCUT2D eigenvalue weighted by Gasteiger charge is -2.00. The first-order valence-electron chi connectivity index (χ1n) is 4.85. The quantitative estimate of drug-likeness (QED) is 0.757. The fraction of sp³-hybridized carbons (Fsp3) is 0.0909. The van der Waals surface area contributed by atoms with Crippen LogP contribution in [0, 0.1) is 0 Å². The number of rotatable bonds is 2. The van der Waals surface area contributed by atoms with Gasteiger partial charge in [-0.05, 0) is 22.9 Å². The summed E-state index contributed by atoms with van der Waals surface area (Å²) >= 11 is 3.30. The molecule has 0 spiro atoms. The lowest BCUT2D eigenvalue weighted by atomic mass is 10.3. The Morgan fingerprint density at radius 1 is 1.12 bits per heavy atom. The lowest BCUT2D eigenvalue weighted by molar-refractivity contribution is 1.02. The Balaban J connectivity index is 2.04. The summed E-state index contributed by atoms with van der Waals surface area (Å²) in [5.74, 6) is 1.39. The fourth-order valence-electron chi connectivity index (χ4n) is 1.58. The van der Waals surface area contributed by atoms with E-state index in [0.29, 0.717) is 5.82 Å². The number of anilines is 1. The van der Waals surface area contributed by atoms with Gasteiger partial charge in [-0.15, -0.1) is 22.7 Å². The maximum absolute atomic E-state index is 5.89. The number of nitrogens with two attached hydrogens (primary N) is 1. The minimum Gasteiger partial charge on any atom is -0.382 e. The van der Waals surface area contributed by atoms with Crippen molar-refractivity contribution in [1.29, 1.82) is 0 Å². The third-order valence-corrected chi connectivity index (χ3v) is 4.09. The molecule has 3 aromatic rings. The number of hydrogen-bond acceptors (Lipinski definition) is 5. The largest absolute Gasteiger partial charge is 0.382 e. The predicted octanol–water partition coefficient (Wildman–Crippen LogP) is 2.93. The molecular formula is C11H9N3S2. The number of thiophene rings is 2. The van der Waals surface area contributed by atoms with Gasteiger partial charge in [0.1, 0.15) is 11.6 Å². The maximum atomic E-state index is 5.89. The monoisotopic (exact) mass is 247 g/mol. The minimum absolute atomic E-state index is 0.589. The molecule has 0 aliphatic rings. The smallest absolute Gasteiger partial charge is 0.145 e. The summed E-state index contributed by atoms with van der Waals surface area (Å²) in [6.07, 6.45) is 0.758. The van der Waals surface area contributed by atoms with Crippen molar-refractivity contribution >= 4 is 38.7 Å². The molecular weight excluding hydrogens is 238 g/mol. The fourth-order valence-corrected chi connectivity index (χ4v) is 3.02. The van der Waals surface area contributed by atoms with Crippen molar-refractivity contribution in [3.05, 3.63) is 39.7 Å². The summed E-state index contributed by atoms with van der Waals surface area (Å²) < 4.78 is 0.981. The van der Waals surface area contributed by atoms with Crippen LogP contribution < -0.4 is 5.73 Å². The highest BCUT2D eigenvalue weighted by atomic mass is 32.1. The first-order chi connectivity index (χ1) is 7.83. The SMILES string of the molecule is Nc1nc(Cc2cccs2)nc2ccsc12. The molecule has 3 heterocycles. The second-order valence-corrected chi connectivity index (χ2v) is 5.36. The van der Waals surface area contributed by atoms with Gasteiger partial charge in [0.25, 0.3) is 0 Å². The Labute approximate surface area is 101 Å². The van der Waals surface area contributed by atoms with Gasteiger partial charge in [-0.2, -0.15) is 0 Å². The molecule has 2 N–H and O–H groups in total. The van der Waals surface area contributed by atoms with E-state index in [0.717, 1.165) is 22.5 Å². The molecule has 0 atom stereocenters. The molecule has 5 heteroatoms. The van der Waals surface area contributed by atoms with Crippen molar-refractivity contribution in [3.8, 4) is 0 Å². The van der Waals surface area contributed by atoms with Crippen LogP contribution in [-0.2, 0) is 6.42 Å². The Morgan fingerprint density at radius 3 is 2.88 bits per heavy atom. The molecule has 3 aromatic heterocycles. The van der Waals surface area contributed by atoms with Crippen molar-refractivity contribution < 1.29 is 0 Å². The Kier molecular flexibility index (Phi) is 2.34. The molecule has 0 aliphatic heterocycles. The van der Waals surface area contributed by atoms with Crippen LogP contribution in [-0.4, -0.2) is 9.97 Å². The summed E-state index contributed by atoms with van der Waals surface area (Å²) in [6.45, 7) is 0. The van der Waals surface area contributed by atoms with Crippen LogP contribution >= 0.6 is 22.7 Å². The number of nitrogen functional groups attached to an aromatic ring is 1. The molecule has 0 amide bonds. The van der Waals surface area contributed by atoms with Crippen molar-refractivity contribution in [2.24, 2.45) is 0 Å². The molecule has 0 bridgehead atoms. The van der Waals surface area contributed by atoms with E-state index in [2.05, 4.69) is 21.4 Å². The zero-order chi connectivity index (χ0) is 11.0. The summed E-state index contributed by atoms with van der Waals surface area (Å²) in [4.78, 5) is 10.1. The normalized spacial score (nSPS) is 11.0. The van der Waals surface area contributed by atoms with Gasteiger partial charge in [0.05, 0.1) is 10.2 Å². The molecule has 16 heavy (non-hydrogen) atoms. The van der Waals surface area contributed by atoms with E-state index < -0.39 is 0 Å². The van der Waals surface area contributed by atoms with Crippen molar-refractivity contribution in [1.82, 2.24) is 9.97 Å². The Bertz CT molecular complexity index is 613. The van der Waals surface area contributed by atoms with Crippen LogP contribution in [0.2, 0.25) is 0 Å². The molecule has 0 unspecified atom stereocenters. The average Bonchev–Trinajstić information content (AvgIpc) is 2.87. The molecule has 3 nitrogen and oxygen atoms in total. The van der Waals surface area contributed by atoms with Gasteiger partial charge < -0.3 is 5.73 Å². The molecule has 0 saturated carbocycles. The van der Waals surface area contributed by atoms with Gasteiger partial charge in [0.2, 0.25) is 0 Å². The number of nitrogens with zero attached hydrogens (tertiary/aromatic N) is 2. The highest BCUT2D eigenvalue weighted by Gasteiger charge is 2.07. The maximum Gasteiger partial charge on any atom is 0.145 e. The first kappa shape index (κ1) is 9.74. The van der Waals surface area contributed by atoms with Crippen LogP contribution in [0.25, 0.3) is 10.2 Å². The summed E-state index contributed by atoms with van der Waals surface area (Å²) in [7, 11) is 0. The standard InChI is InChI=1S/C11H9N3S2/c12-11-10-8(3-5-16-10)13-9(14-11)6-7-2-1-4-15-7/h1-5H,6H2,(H2,12,13,14). The van der Waals surface area contributed by atoms with E-state index >= 15 is 0 Å². The van der Waals surface area contributed by atoms with E-state index in [1.54, 1.807) is 22.7 Å². The zero-order valence-corrected chi connectivity index (χ0v) is 10.0. The van der Waals surface area contributed by atoms with Crippen LogP contribution in [0.1, 0.15) is 10.7 Å². The van der Waals surface area contributed by atoms with Gasteiger partial charge in [0.15, 0.2) is 0 Å². The van der Waals surface area contributed by atoms with Crippen LogP contribution in [0.4, 0.5) is 5.82 Å². The molecule has 0 saturated heterocycles. The Hall–Kier alpha value is -1.46. The van der Waals surface area contributed by atoms with Crippen LogP contribution in [0.15, 0.2) is 29.0 Å². The molecule has 0 fully saturated rings. The second kappa shape index (κ2) is 3.84. The zero-order valence-electron chi connectivity index (χ0n) is 8.38. The van der Waals surface area contributed by atoms with Gasteiger partial charge in [-0.25, -0.2) is 9.97 Å². The van der Waals surface area contributed by atoms with E-state index in [9.17, 15) is 0 Å². The number of fused-ring (bicyclic) bond motifs is 1. The van der Waals surface area contributed by atoms with Crippen LogP contribution in [0.5, 0.6) is 0 Å². The van der Waals surface area contributed by atoms with Crippen molar-refractivity contribution in [3.63, 3.8) is 0 Å². The highest BCUT2D eigenvalue weighted by Crippen LogP contribution is 2.24. The minimum atomic E-state index is 0.589. The molecule has 0 radical (unpaired) electrons. The van der Waals surface area contributed by atoms with E-state index in [1.807, 2.05) is 17.5 Å². The predicted molar refractivity (Wildman–Crippen MR) is 69.0 cm³/mol. The third-order valence-electron chi connectivity index (χ3n) is 2.29. The molecule has 0 aliphatic carbocycles. The van der Waals surface area contributed by atoms with E-state index in [4.69, 9.17) is 5.73 Å². The third kappa shape index (κ3) is 1.68. The van der Waals surface area contributed by atoms with Gasteiger partial charge >= 0.3 is 0 Å². The summed E-state index contributed by atoms with van der Waals surface area (Å²) in [5, 5.41) is 4.05. The average molecular weight is 247 g/mol. The van der Waals surface area contributed by atoms with Gasteiger partial charge in [0, 0.05) is 11.3 Å². The van der Waals surface area contributed by atoms with Crippen molar-refractivity contribution in [2.75, 3.05) is 5.73 Å². The van der Waals surface area contributed by atoms with Crippen LogP contribution in [0.3, 0.4) is 0 Å². The molecule has 3 rings (SSSR count).